The molecule has 1 atom stereocenters. The molecule has 12 heteroatoms. The van der Waals surface area contributed by atoms with E-state index >= 15 is 0 Å². The number of hydrogen-bond donors (Lipinski definition) is 1. The summed E-state index contributed by atoms with van der Waals surface area (Å²) in [6.07, 6.45) is 5.42. The maximum Gasteiger partial charge on any atom is 0.250 e. The topological polar surface area (TPSA) is 144 Å². The van der Waals surface area contributed by atoms with Crippen LogP contribution in [0.1, 0.15) is 23.3 Å². The third-order valence-corrected chi connectivity index (χ3v) is 6.56. The summed E-state index contributed by atoms with van der Waals surface area (Å²) < 4.78 is 24.7. The van der Waals surface area contributed by atoms with Crippen LogP contribution in [0.15, 0.2) is 41.7 Å². The fraction of sp³-hybridized carbons (Fsp3) is 0.350. The van der Waals surface area contributed by atoms with Crippen molar-refractivity contribution in [2.75, 3.05) is 37.3 Å². The van der Waals surface area contributed by atoms with E-state index in [2.05, 4.69) is 15.1 Å². The van der Waals surface area contributed by atoms with Gasteiger partial charge in [-0.15, -0.1) is 0 Å². The Bertz CT molecular complexity index is 1280. The third-order valence-electron chi connectivity index (χ3n) is 5.49. The van der Waals surface area contributed by atoms with Gasteiger partial charge in [-0.3, -0.25) is 14.3 Å². The summed E-state index contributed by atoms with van der Waals surface area (Å²) in [6, 6.07) is 4.60. The van der Waals surface area contributed by atoms with Gasteiger partial charge in [0.25, 0.3) is 5.91 Å². The highest BCUT2D eigenvalue weighted by molar-refractivity contribution is 7.90. The molecule has 3 aromatic rings. The van der Waals surface area contributed by atoms with Gasteiger partial charge < -0.3 is 15.5 Å². The molecule has 1 aromatic carbocycles. The number of piperazine rings is 1. The van der Waals surface area contributed by atoms with Gasteiger partial charge in [-0.25, -0.2) is 18.4 Å². The molecule has 0 bridgehead atoms. The van der Waals surface area contributed by atoms with Gasteiger partial charge in [0.15, 0.2) is 9.84 Å². The number of fused-ring (bicyclic) bond motifs is 1. The molecule has 1 aliphatic rings. The van der Waals surface area contributed by atoms with Crippen LogP contribution in [0.2, 0.25) is 0 Å². The lowest BCUT2D eigenvalue weighted by Gasteiger charge is -2.35. The average Bonchev–Trinajstić information content (AvgIpc) is 3.22. The Kier molecular flexibility index (Phi) is 5.55. The minimum Gasteiger partial charge on any atom is -0.366 e. The van der Waals surface area contributed by atoms with E-state index in [1.54, 1.807) is 34.8 Å². The van der Waals surface area contributed by atoms with Crippen molar-refractivity contribution < 1.29 is 18.0 Å². The molecule has 1 saturated heterocycles. The number of carbonyl (C=O) groups excluding carboxylic acids is 2. The number of anilines is 1. The van der Waals surface area contributed by atoms with Gasteiger partial charge in [0.05, 0.1) is 18.0 Å². The number of nitrogens with zero attached hydrogens (tertiary/aromatic N) is 6. The van der Waals surface area contributed by atoms with Crippen LogP contribution in [-0.4, -0.2) is 77.3 Å². The molecule has 1 unspecified atom stereocenters. The Hall–Kier alpha value is -3.54. The first kappa shape index (κ1) is 21.7. The molecule has 2 amide bonds. The van der Waals surface area contributed by atoms with E-state index in [4.69, 9.17) is 5.73 Å². The van der Waals surface area contributed by atoms with Crippen LogP contribution in [0.5, 0.6) is 0 Å². The van der Waals surface area contributed by atoms with Gasteiger partial charge in [-0.1, -0.05) is 12.1 Å². The predicted molar refractivity (Wildman–Crippen MR) is 117 cm³/mol. The first-order valence-electron chi connectivity index (χ1n) is 9.98. The normalized spacial score (nSPS) is 15.7. The Labute approximate surface area is 184 Å². The summed E-state index contributed by atoms with van der Waals surface area (Å²) in [6.45, 7) is 3.73. The summed E-state index contributed by atoms with van der Waals surface area (Å²) in [5.41, 5.74) is 6.21. The second-order valence-electron chi connectivity index (χ2n) is 7.70. The molecule has 1 aliphatic heterocycles. The van der Waals surface area contributed by atoms with Gasteiger partial charge in [-0.05, 0) is 13.0 Å². The molecular weight excluding hydrogens is 434 g/mol. The monoisotopic (exact) mass is 457 g/mol. The van der Waals surface area contributed by atoms with Crippen LogP contribution in [0.4, 0.5) is 5.95 Å². The number of rotatable bonds is 5. The molecule has 0 spiro atoms. The highest BCUT2D eigenvalue weighted by Gasteiger charge is 2.28. The van der Waals surface area contributed by atoms with Gasteiger partial charge in [0, 0.05) is 44.0 Å². The summed E-state index contributed by atoms with van der Waals surface area (Å²) in [5, 5.41) is 5.17. The van der Waals surface area contributed by atoms with E-state index in [0.717, 1.165) is 11.6 Å². The second kappa shape index (κ2) is 8.19. The Morgan fingerprint density at radius 1 is 1.09 bits per heavy atom. The second-order valence-corrected chi connectivity index (χ2v) is 9.71. The molecule has 0 radical (unpaired) electrons. The van der Waals surface area contributed by atoms with Crippen molar-refractivity contribution in [2.45, 2.75) is 17.9 Å². The van der Waals surface area contributed by atoms with E-state index < -0.39 is 21.8 Å². The molecule has 1 fully saturated rings. The van der Waals surface area contributed by atoms with E-state index in [-0.39, 0.29) is 10.8 Å². The highest BCUT2D eigenvalue weighted by Crippen LogP contribution is 2.21. The molecule has 0 saturated carbocycles. The smallest absolute Gasteiger partial charge is 0.250 e. The molecule has 168 valence electrons. The van der Waals surface area contributed by atoms with Crippen LogP contribution in [0, 0.1) is 0 Å². The summed E-state index contributed by atoms with van der Waals surface area (Å²) in [7, 11) is -3.35. The van der Waals surface area contributed by atoms with E-state index in [1.165, 1.54) is 12.4 Å². The van der Waals surface area contributed by atoms with Gasteiger partial charge in [-0.2, -0.15) is 5.10 Å². The van der Waals surface area contributed by atoms with E-state index in [1.807, 2.05) is 11.0 Å². The first-order valence-corrected chi connectivity index (χ1v) is 11.9. The minimum atomic E-state index is -3.35. The van der Waals surface area contributed by atoms with Crippen LogP contribution < -0.4 is 10.6 Å². The number of benzene rings is 1. The zero-order chi connectivity index (χ0) is 23.0. The Morgan fingerprint density at radius 3 is 2.34 bits per heavy atom. The minimum absolute atomic E-state index is 0.0648. The van der Waals surface area contributed by atoms with Crippen molar-refractivity contribution in [3.05, 3.63) is 42.4 Å². The van der Waals surface area contributed by atoms with Crippen molar-refractivity contribution in [3.8, 4) is 0 Å². The van der Waals surface area contributed by atoms with Crippen molar-refractivity contribution in [3.63, 3.8) is 0 Å². The zero-order valence-electron chi connectivity index (χ0n) is 17.7. The quantitative estimate of drug-likeness (QED) is 0.574. The van der Waals surface area contributed by atoms with E-state index in [9.17, 15) is 18.0 Å². The first-order chi connectivity index (χ1) is 15.1. The van der Waals surface area contributed by atoms with Gasteiger partial charge in [0.2, 0.25) is 11.9 Å². The number of primary amides is 1. The Balaban J connectivity index is 1.44. The number of carbonyl (C=O) groups is 2. The molecule has 2 N–H and O–H groups in total. The summed E-state index contributed by atoms with van der Waals surface area (Å²) in [4.78, 5) is 36.7. The maximum atomic E-state index is 13.0. The summed E-state index contributed by atoms with van der Waals surface area (Å²) >= 11 is 0. The standard InChI is InChI=1S/C20H23N7O4S/c1-13(27-12-14-4-3-5-16(18(21)28)17(14)24-27)19(29)25-6-8-26(9-7-25)20-22-10-15(11-23-20)32(2,30)31/h3-5,10-13H,6-9H2,1-2H3,(H2,21,28). The predicted octanol–water partition coefficient (Wildman–Crippen LogP) is 0.239. The molecule has 4 rings (SSSR count). The number of hydrogen-bond acceptors (Lipinski definition) is 8. The van der Waals surface area contributed by atoms with Crippen LogP contribution >= 0.6 is 0 Å². The maximum absolute atomic E-state index is 13.0. The zero-order valence-corrected chi connectivity index (χ0v) is 18.5. The number of aromatic nitrogens is 4. The fourth-order valence-electron chi connectivity index (χ4n) is 3.63. The van der Waals surface area contributed by atoms with Crippen molar-refractivity contribution in [1.82, 2.24) is 24.6 Å². The van der Waals surface area contributed by atoms with Gasteiger partial charge in [0.1, 0.15) is 16.5 Å². The number of amides is 2. The number of sulfone groups is 1. The Morgan fingerprint density at radius 2 is 1.75 bits per heavy atom. The van der Waals surface area contributed by atoms with Crippen molar-refractivity contribution in [2.24, 2.45) is 5.73 Å². The molecular formula is C20H23N7O4S. The lowest BCUT2D eigenvalue weighted by molar-refractivity contribution is -0.134. The SMILES string of the molecule is CC(C(=O)N1CCN(c2ncc(S(C)(=O)=O)cn2)CC1)n1cc2cccc(C(N)=O)c2n1. The largest absolute Gasteiger partial charge is 0.366 e. The van der Waals surface area contributed by atoms with Crippen LogP contribution in [0.3, 0.4) is 0 Å². The number of nitrogens with two attached hydrogens (primary N) is 1. The molecule has 0 aliphatic carbocycles. The van der Waals surface area contributed by atoms with Crippen LogP contribution in [0.25, 0.3) is 10.9 Å². The van der Waals surface area contributed by atoms with E-state index in [0.29, 0.717) is 43.2 Å². The lowest BCUT2D eigenvalue weighted by atomic mass is 10.1. The summed E-state index contributed by atoms with van der Waals surface area (Å²) in [5.74, 6) is -0.232. The third kappa shape index (κ3) is 4.13. The fourth-order valence-corrected chi connectivity index (χ4v) is 4.12. The van der Waals surface area contributed by atoms with Gasteiger partial charge >= 0.3 is 0 Å². The molecule has 11 nitrogen and oxygen atoms in total. The molecule has 2 aromatic heterocycles. The van der Waals surface area contributed by atoms with Crippen LogP contribution in [-0.2, 0) is 14.6 Å². The van der Waals surface area contributed by atoms with Crippen molar-refractivity contribution >= 4 is 38.5 Å². The highest BCUT2D eigenvalue weighted by atomic mass is 32.2. The average molecular weight is 458 g/mol. The van der Waals surface area contributed by atoms with Crippen molar-refractivity contribution in [1.29, 1.82) is 0 Å². The molecule has 3 heterocycles. The molecule has 32 heavy (non-hydrogen) atoms. The lowest BCUT2D eigenvalue weighted by Crippen LogP contribution is -2.50.